The van der Waals surface area contributed by atoms with Crippen molar-refractivity contribution in [2.24, 2.45) is 0 Å². The number of carbonyl (C=O) groups excluding carboxylic acids is 3. The Bertz CT molecular complexity index is 1320. The number of para-hydroxylation sites is 2. The molecule has 0 unspecified atom stereocenters. The first-order valence-corrected chi connectivity index (χ1v) is 11.7. The van der Waals surface area contributed by atoms with E-state index in [2.05, 4.69) is 14.9 Å². The second-order valence-electron chi connectivity index (χ2n) is 7.59. The van der Waals surface area contributed by atoms with Gasteiger partial charge in [0.05, 0.1) is 23.3 Å². The molecular formula is C26H23N3O4S. The van der Waals surface area contributed by atoms with Crippen molar-refractivity contribution in [2.45, 2.75) is 18.6 Å². The zero-order chi connectivity index (χ0) is 23.9. The van der Waals surface area contributed by atoms with Crippen molar-refractivity contribution >= 4 is 46.1 Å². The number of anilines is 1. The molecule has 0 aliphatic carbocycles. The number of ketones is 1. The van der Waals surface area contributed by atoms with Crippen molar-refractivity contribution in [3.8, 4) is 0 Å². The molecule has 0 spiro atoms. The molecule has 4 aromatic rings. The van der Waals surface area contributed by atoms with Crippen molar-refractivity contribution in [1.29, 1.82) is 0 Å². The Morgan fingerprint density at radius 3 is 2.38 bits per heavy atom. The number of benzene rings is 3. The van der Waals surface area contributed by atoms with Crippen LogP contribution < -0.4 is 5.32 Å². The molecule has 0 saturated carbocycles. The number of rotatable bonds is 9. The molecule has 8 heteroatoms. The molecule has 172 valence electrons. The van der Waals surface area contributed by atoms with E-state index >= 15 is 0 Å². The van der Waals surface area contributed by atoms with Gasteiger partial charge in [0.1, 0.15) is 0 Å². The highest BCUT2D eigenvalue weighted by Crippen LogP contribution is 2.25. The van der Waals surface area contributed by atoms with E-state index in [-0.39, 0.29) is 11.5 Å². The number of ether oxygens (including phenoxy) is 1. The molecule has 1 heterocycles. The monoisotopic (exact) mass is 473 g/mol. The third-order valence-corrected chi connectivity index (χ3v) is 6.01. The molecule has 0 radical (unpaired) electrons. The van der Waals surface area contributed by atoms with Crippen LogP contribution in [0.5, 0.6) is 0 Å². The molecule has 0 bridgehead atoms. The highest BCUT2D eigenvalue weighted by atomic mass is 32.2. The first-order chi connectivity index (χ1) is 16.5. The topological polar surface area (TPSA) is 90.3 Å². The van der Waals surface area contributed by atoms with E-state index < -0.39 is 18.5 Å². The molecule has 3 aromatic carbocycles. The maximum Gasteiger partial charge on any atom is 0.316 e. The molecule has 1 amide bonds. The predicted molar refractivity (Wildman–Crippen MR) is 132 cm³/mol. The van der Waals surface area contributed by atoms with Gasteiger partial charge in [-0.3, -0.25) is 14.4 Å². The van der Waals surface area contributed by atoms with E-state index in [0.29, 0.717) is 23.0 Å². The van der Waals surface area contributed by atoms with Gasteiger partial charge in [0, 0.05) is 11.3 Å². The van der Waals surface area contributed by atoms with E-state index in [1.165, 1.54) is 18.7 Å². The van der Waals surface area contributed by atoms with Gasteiger partial charge in [0.2, 0.25) is 0 Å². The predicted octanol–water partition coefficient (Wildman–Crippen LogP) is 4.56. The molecule has 0 aliphatic rings. The van der Waals surface area contributed by atoms with Crippen LogP contribution in [0.25, 0.3) is 11.0 Å². The lowest BCUT2D eigenvalue weighted by molar-refractivity contribution is -0.144. The van der Waals surface area contributed by atoms with Crippen molar-refractivity contribution in [3.05, 3.63) is 90.0 Å². The maximum absolute atomic E-state index is 12.3. The fourth-order valence-electron chi connectivity index (χ4n) is 3.38. The summed E-state index contributed by atoms with van der Waals surface area (Å²) in [5.41, 5.74) is 4.04. The van der Waals surface area contributed by atoms with Crippen molar-refractivity contribution in [1.82, 2.24) is 9.55 Å². The molecule has 0 saturated heterocycles. The van der Waals surface area contributed by atoms with E-state index in [1.807, 2.05) is 54.6 Å². The molecule has 0 aliphatic heterocycles. The smallest absolute Gasteiger partial charge is 0.316 e. The Hall–Kier alpha value is -3.91. The second kappa shape index (κ2) is 10.8. The third kappa shape index (κ3) is 5.90. The Balaban J connectivity index is 1.33. The van der Waals surface area contributed by atoms with E-state index in [9.17, 15) is 14.4 Å². The number of imidazole rings is 1. The van der Waals surface area contributed by atoms with Crippen LogP contribution in [0.3, 0.4) is 0 Å². The second-order valence-corrected chi connectivity index (χ2v) is 8.53. The number of esters is 1. The Kier molecular flexibility index (Phi) is 7.39. The number of hydrogen-bond donors (Lipinski definition) is 1. The number of carbonyl (C=O) groups is 3. The van der Waals surface area contributed by atoms with Gasteiger partial charge in [-0.1, -0.05) is 54.2 Å². The lowest BCUT2D eigenvalue weighted by atomic mass is 10.1. The number of amides is 1. The minimum absolute atomic E-state index is 0.0265. The van der Waals surface area contributed by atoms with Crippen LogP contribution in [0.4, 0.5) is 5.69 Å². The van der Waals surface area contributed by atoms with E-state index in [0.717, 1.165) is 16.6 Å². The van der Waals surface area contributed by atoms with Gasteiger partial charge in [-0.05, 0) is 48.9 Å². The van der Waals surface area contributed by atoms with Crippen molar-refractivity contribution < 1.29 is 19.1 Å². The lowest BCUT2D eigenvalue weighted by Crippen LogP contribution is -2.21. The normalized spacial score (nSPS) is 10.7. The Morgan fingerprint density at radius 2 is 1.65 bits per heavy atom. The summed E-state index contributed by atoms with van der Waals surface area (Å²) in [7, 11) is 0. The largest absolute Gasteiger partial charge is 0.455 e. The minimum Gasteiger partial charge on any atom is -0.455 e. The first kappa shape index (κ1) is 23.3. The Morgan fingerprint density at radius 1 is 0.941 bits per heavy atom. The summed E-state index contributed by atoms with van der Waals surface area (Å²) in [6, 6.07) is 24.4. The van der Waals surface area contributed by atoms with Crippen LogP contribution in [0.1, 0.15) is 22.8 Å². The van der Waals surface area contributed by atoms with Gasteiger partial charge in [0.15, 0.2) is 17.5 Å². The number of nitrogens with zero attached hydrogens (tertiary/aromatic N) is 2. The zero-order valence-electron chi connectivity index (χ0n) is 18.6. The summed E-state index contributed by atoms with van der Waals surface area (Å²) >= 11 is 1.27. The average molecular weight is 474 g/mol. The Labute approximate surface area is 201 Å². The average Bonchev–Trinajstić information content (AvgIpc) is 3.19. The quantitative estimate of drug-likeness (QED) is 0.218. The number of aromatic nitrogens is 2. The van der Waals surface area contributed by atoms with Crippen LogP contribution in [-0.4, -0.2) is 39.6 Å². The summed E-state index contributed by atoms with van der Waals surface area (Å²) < 4.78 is 7.20. The fraction of sp³-hybridized carbons (Fsp3) is 0.154. The number of Topliss-reactive ketones (excluding diaryl/α,β-unsaturated/α-hetero) is 1. The summed E-state index contributed by atoms with van der Waals surface area (Å²) in [5.74, 6) is -0.990. The number of fused-ring (bicyclic) bond motifs is 1. The molecule has 0 fully saturated rings. The fourth-order valence-corrected chi connectivity index (χ4v) is 4.19. The number of hydrogen-bond acceptors (Lipinski definition) is 6. The molecule has 7 nitrogen and oxygen atoms in total. The SMILES string of the molecule is CC(=O)c1ccc(NC(=O)COC(=O)CSc2nc3ccccc3n2Cc2ccccc2)cc1. The van der Waals surface area contributed by atoms with Gasteiger partial charge >= 0.3 is 5.97 Å². The summed E-state index contributed by atoms with van der Waals surface area (Å²) in [5, 5.41) is 3.35. The number of thioether (sulfide) groups is 1. The standard InChI is InChI=1S/C26H23N3O4S/c1-18(30)20-11-13-21(14-12-20)27-24(31)16-33-25(32)17-34-26-28-22-9-5-6-10-23(22)29(26)15-19-7-3-2-4-8-19/h2-14H,15-17H2,1H3,(H,27,31). The van der Waals surface area contributed by atoms with Crippen LogP contribution in [0, 0.1) is 0 Å². The van der Waals surface area contributed by atoms with E-state index in [1.54, 1.807) is 24.3 Å². The van der Waals surface area contributed by atoms with Crippen molar-refractivity contribution in [3.63, 3.8) is 0 Å². The highest BCUT2D eigenvalue weighted by Gasteiger charge is 2.15. The maximum atomic E-state index is 12.3. The summed E-state index contributed by atoms with van der Waals surface area (Å²) in [4.78, 5) is 40.4. The van der Waals surface area contributed by atoms with Gasteiger partial charge < -0.3 is 14.6 Å². The van der Waals surface area contributed by atoms with Crippen molar-refractivity contribution in [2.75, 3.05) is 17.7 Å². The molecule has 0 atom stereocenters. The molecule has 4 rings (SSSR count). The van der Waals surface area contributed by atoms with Gasteiger partial charge in [-0.2, -0.15) is 0 Å². The first-order valence-electron chi connectivity index (χ1n) is 10.7. The highest BCUT2D eigenvalue weighted by molar-refractivity contribution is 7.99. The van der Waals surface area contributed by atoms with Gasteiger partial charge in [0.25, 0.3) is 5.91 Å². The van der Waals surface area contributed by atoms with Crippen LogP contribution >= 0.6 is 11.8 Å². The molecule has 1 N–H and O–H groups in total. The van der Waals surface area contributed by atoms with Gasteiger partial charge in [-0.25, -0.2) is 4.98 Å². The lowest BCUT2D eigenvalue weighted by Gasteiger charge is -2.09. The van der Waals surface area contributed by atoms with Crippen LogP contribution in [0.2, 0.25) is 0 Å². The zero-order valence-corrected chi connectivity index (χ0v) is 19.4. The number of nitrogens with one attached hydrogen (secondary N) is 1. The van der Waals surface area contributed by atoms with Crippen LogP contribution in [0.15, 0.2) is 84.0 Å². The molecule has 1 aromatic heterocycles. The third-order valence-electron chi connectivity index (χ3n) is 5.06. The molecule has 34 heavy (non-hydrogen) atoms. The minimum atomic E-state index is -0.509. The van der Waals surface area contributed by atoms with Crippen LogP contribution in [-0.2, 0) is 20.9 Å². The van der Waals surface area contributed by atoms with Gasteiger partial charge in [-0.15, -0.1) is 0 Å². The molecular weight excluding hydrogens is 450 g/mol. The summed E-state index contributed by atoms with van der Waals surface area (Å²) in [6.07, 6.45) is 0. The van der Waals surface area contributed by atoms with E-state index in [4.69, 9.17) is 4.74 Å². The summed E-state index contributed by atoms with van der Waals surface area (Å²) in [6.45, 7) is 1.71.